The van der Waals surface area contributed by atoms with Gasteiger partial charge in [-0.15, -0.1) is 0 Å². The summed E-state index contributed by atoms with van der Waals surface area (Å²) in [6, 6.07) is 0. The fourth-order valence-electron chi connectivity index (χ4n) is 1.66. The van der Waals surface area contributed by atoms with Gasteiger partial charge in [-0.3, -0.25) is 4.79 Å². The topological polar surface area (TPSA) is 67.8 Å². The van der Waals surface area contributed by atoms with Crippen molar-refractivity contribution in [3.05, 3.63) is 0 Å². The first kappa shape index (κ1) is 13.4. The quantitative estimate of drug-likeness (QED) is 0.635. The minimum Gasteiger partial charge on any atom is -0.388 e. The lowest BCUT2D eigenvalue weighted by Crippen LogP contribution is -2.46. The summed E-state index contributed by atoms with van der Waals surface area (Å²) in [6.07, 6.45) is 2.33. The highest BCUT2D eigenvalue weighted by molar-refractivity contribution is 5.75. The molecule has 0 aromatic rings. The highest BCUT2D eigenvalue weighted by atomic mass is 16.5. The van der Waals surface area contributed by atoms with Crippen molar-refractivity contribution in [3.8, 4) is 0 Å². The van der Waals surface area contributed by atoms with Crippen molar-refractivity contribution in [1.29, 1.82) is 0 Å². The molecular weight excluding hydrogens is 210 g/mol. The molecule has 1 aliphatic heterocycles. The predicted molar refractivity (Wildman–Crippen MR) is 59.1 cm³/mol. The van der Waals surface area contributed by atoms with Gasteiger partial charge in [0.25, 0.3) is 0 Å². The minimum atomic E-state index is -0.783. The molecule has 16 heavy (non-hydrogen) atoms. The van der Waals surface area contributed by atoms with Gasteiger partial charge >= 0.3 is 0 Å². The number of hydrogen-bond acceptors (Lipinski definition) is 4. The Morgan fingerprint density at radius 3 is 2.81 bits per heavy atom. The highest BCUT2D eigenvalue weighted by Crippen LogP contribution is 2.19. The predicted octanol–water partition coefficient (Wildman–Crippen LogP) is 0.0707. The molecular formula is C11H21NO4. The third-order valence-corrected chi connectivity index (χ3v) is 2.79. The molecule has 1 amide bonds. The lowest BCUT2D eigenvalue weighted by atomic mass is 9.94. The summed E-state index contributed by atoms with van der Waals surface area (Å²) in [6.45, 7) is 2.04. The van der Waals surface area contributed by atoms with Crippen LogP contribution in [0.5, 0.6) is 0 Å². The smallest absolute Gasteiger partial charge is 0.220 e. The monoisotopic (exact) mass is 231 g/mol. The zero-order valence-electron chi connectivity index (χ0n) is 9.83. The van der Waals surface area contributed by atoms with E-state index in [0.717, 1.165) is 0 Å². The molecule has 1 saturated heterocycles. The van der Waals surface area contributed by atoms with E-state index in [1.165, 1.54) is 0 Å². The van der Waals surface area contributed by atoms with Crippen molar-refractivity contribution in [1.82, 2.24) is 5.32 Å². The van der Waals surface area contributed by atoms with Crippen LogP contribution < -0.4 is 5.32 Å². The number of ether oxygens (including phenoxy) is 2. The van der Waals surface area contributed by atoms with Crippen LogP contribution in [0.25, 0.3) is 0 Å². The molecule has 5 heteroatoms. The zero-order valence-corrected chi connectivity index (χ0v) is 9.83. The Morgan fingerprint density at radius 1 is 1.50 bits per heavy atom. The van der Waals surface area contributed by atoms with Gasteiger partial charge in [0.1, 0.15) is 0 Å². The van der Waals surface area contributed by atoms with E-state index < -0.39 is 5.60 Å². The van der Waals surface area contributed by atoms with Crippen LogP contribution in [0.1, 0.15) is 25.7 Å². The molecule has 5 nitrogen and oxygen atoms in total. The molecule has 0 aliphatic carbocycles. The lowest BCUT2D eigenvalue weighted by Gasteiger charge is -2.32. The molecule has 0 aromatic carbocycles. The Balaban J connectivity index is 2.14. The minimum absolute atomic E-state index is 0.0306. The first-order valence-corrected chi connectivity index (χ1v) is 5.72. The van der Waals surface area contributed by atoms with Crippen molar-refractivity contribution in [2.24, 2.45) is 0 Å². The van der Waals surface area contributed by atoms with Crippen molar-refractivity contribution in [2.45, 2.75) is 31.3 Å². The normalized spacial score (nSPS) is 19.4. The van der Waals surface area contributed by atoms with Gasteiger partial charge in [-0.25, -0.2) is 0 Å². The standard InChI is InChI=1S/C11H21NO4/c1-15-6-2-3-10(13)12-9-11(14)4-7-16-8-5-11/h14H,2-9H2,1H3,(H,12,13). The third kappa shape index (κ3) is 4.92. The summed E-state index contributed by atoms with van der Waals surface area (Å²) in [5.74, 6) is -0.0306. The van der Waals surface area contributed by atoms with Crippen LogP contribution in [-0.2, 0) is 14.3 Å². The average molecular weight is 231 g/mol. The van der Waals surface area contributed by atoms with E-state index in [9.17, 15) is 9.90 Å². The van der Waals surface area contributed by atoms with Gasteiger partial charge in [0, 0.05) is 52.7 Å². The largest absolute Gasteiger partial charge is 0.388 e. The first-order valence-electron chi connectivity index (χ1n) is 5.72. The SMILES string of the molecule is COCCCC(=O)NCC1(O)CCOCC1. The Bertz CT molecular complexity index is 214. The summed E-state index contributed by atoms with van der Waals surface area (Å²) in [5.41, 5.74) is -0.783. The van der Waals surface area contributed by atoms with Crippen LogP contribution in [0.3, 0.4) is 0 Å². The second-order valence-corrected chi connectivity index (χ2v) is 4.21. The summed E-state index contributed by atoms with van der Waals surface area (Å²) < 4.78 is 10.0. The summed E-state index contributed by atoms with van der Waals surface area (Å²) >= 11 is 0. The van der Waals surface area contributed by atoms with Gasteiger partial charge in [-0.2, -0.15) is 0 Å². The van der Waals surface area contributed by atoms with Gasteiger partial charge in [0.05, 0.1) is 5.60 Å². The van der Waals surface area contributed by atoms with E-state index in [-0.39, 0.29) is 5.91 Å². The van der Waals surface area contributed by atoms with E-state index in [1.54, 1.807) is 7.11 Å². The second-order valence-electron chi connectivity index (χ2n) is 4.21. The molecule has 0 aromatic heterocycles. The van der Waals surface area contributed by atoms with Crippen LogP contribution in [0.15, 0.2) is 0 Å². The van der Waals surface area contributed by atoms with Gasteiger partial charge < -0.3 is 19.9 Å². The number of hydrogen-bond donors (Lipinski definition) is 2. The highest BCUT2D eigenvalue weighted by Gasteiger charge is 2.29. The van der Waals surface area contributed by atoms with E-state index in [2.05, 4.69) is 5.32 Å². The molecule has 0 unspecified atom stereocenters. The summed E-state index contributed by atoms with van der Waals surface area (Å²) in [7, 11) is 1.61. The molecule has 1 heterocycles. The average Bonchev–Trinajstić information content (AvgIpc) is 2.28. The molecule has 1 aliphatic rings. The van der Waals surface area contributed by atoms with Crippen molar-refractivity contribution in [2.75, 3.05) is 33.5 Å². The molecule has 0 bridgehead atoms. The molecule has 1 fully saturated rings. The van der Waals surface area contributed by atoms with Crippen LogP contribution in [0.4, 0.5) is 0 Å². The molecule has 1 rings (SSSR count). The molecule has 0 saturated carbocycles. The maximum atomic E-state index is 11.4. The van der Waals surface area contributed by atoms with Crippen LogP contribution in [0.2, 0.25) is 0 Å². The fourth-order valence-corrected chi connectivity index (χ4v) is 1.66. The Hall–Kier alpha value is -0.650. The molecule has 2 N–H and O–H groups in total. The fraction of sp³-hybridized carbons (Fsp3) is 0.909. The maximum absolute atomic E-state index is 11.4. The van der Waals surface area contributed by atoms with Crippen LogP contribution in [0, 0.1) is 0 Å². The Morgan fingerprint density at radius 2 is 2.19 bits per heavy atom. The van der Waals surface area contributed by atoms with E-state index in [4.69, 9.17) is 9.47 Å². The second kappa shape index (κ2) is 6.83. The van der Waals surface area contributed by atoms with Gasteiger partial charge in [0.2, 0.25) is 5.91 Å². The number of carbonyl (C=O) groups excluding carboxylic acids is 1. The summed E-state index contributed by atoms with van der Waals surface area (Å²) in [5, 5.41) is 12.8. The number of methoxy groups -OCH3 is 1. The van der Waals surface area contributed by atoms with Crippen molar-refractivity contribution >= 4 is 5.91 Å². The van der Waals surface area contributed by atoms with Crippen LogP contribution in [-0.4, -0.2) is 50.1 Å². The molecule has 0 atom stereocenters. The van der Waals surface area contributed by atoms with E-state index in [1.807, 2.05) is 0 Å². The van der Waals surface area contributed by atoms with Gasteiger partial charge in [-0.1, -0.05) is 0 Å². The number of carbonyl (C=O) groups is 1. The molecule has 0 spiro atoms. The third-order valence-electron chi connectivity index (χ3n) is 2.79. The molecule has 0 radical (unpaired) electrons. The van der Waals surface area contributed by atoms with E-state index >= 15 is 0 Å². The number of aliphatic hydroxyl groups is 1. The zero-order chi connectivity index (χ0) is 11.9. The Labute approximate surface area is 96.1 Å². The maximum Gasteiger partial charge on any atom is 0.220 e. The lowest BCUT2D eigenvalue weighted by molar-refractivity contribution is -0.124. The van der Waals surface area contributed by atoms with Crippen molar-refractivity contribution in [3.63, 3.8) is 0 Å². The van der Waals surface area contributed by atoms with E-state index in [0.29, 0.717) is 52.0 Å². The first-order chi connectivity index (χ1) is 7.66. The summed E-state index contributed by atoms with van der Waals surface area (Å²) in [4.78, 5) is 11.4. The number of rotatable bonds is 6. The molecule has 94 valence electrons. The van der Waals surface area contributed by atoms with Gasteiger partial charge in [-0.05, 0) is 6.42 Å². The van der Waals surface area contributed by atoms with Gasteiger partial charge in [0.15, 0.2) is 0 Å². The Kier molecular flexibility index (Phi) is 5.73. The van der Waals surface area contributed by atoms with Crippen molar-refractivity contribution < 1.29 is 19.4 Å². The van der Waals surface area contributed by atoms with Crippen LogP contribution >= 0.6 is 0 Å². The number of nitrogens with one attached hydrogen (secondary N) is 1. The number of amides is 1.